The van der Waals surface area contributed by atoms with Crippen molar-refractivity contribution in [1.82, 2.24) is 0 Å². The van der Waals surface area contributed by atoms with E-state index in [2.05, 4.69) is 10.5 Å². The van der Waals surface area contributed by atoms with Gasteiger partial charge in [0.15, 0.2) is 18.1 Å². The van der Waals surface area contributed by atoms with Crippen molar-refractivity contribution in [2.45, 2.75) is 20.8 Å². The van der Waals surface area contributed by atoms with Crippen molar-refractivity contribution in [3.8, 4) is 11.5 Å². The molecule has 0 unspecified atom stereocenters. The summed E-state index contributed by atoms with van der Waals surface area (Å²) in [4.78, 5) is 16.9. The van der Waals surface area contributed by atoms with Gasteiger partial charge in [-0.1, -0.05) is 22.9 Å². The van der Waals surface area contributed by atoms with Gasteiger partial charge in [-0.05, 0) is 51.1 Å². The lowest BCUT2D eigenvalue weighted by atomic mass is 10.2. The maximum atomic E-state index is 11.8. The van der Waals surface area contributed by atoms with Crippen LogP contribution in [0.15, 0.2) is 47.6 Å². The number of carbonyl (C=O) groups is 1. The predicted molar refractivity (Wildman–Crippen MR) is 102 cm³/mol. The second-order valence-corrected chi connectivity index (χ2v) is 5.49. The SMILES string of the molecule is CCOc1ccc(/C=N/OCC(=O)Nc2ccc(C)cc2)cc1OCC. The van der Waals surface area contributed by atoms with E-state index in [4.69, 9.17) is 14.3 Å². The third-order valence-electron chi connectivity index (χ3n) is 3.37. The molecular weight excluding hydrogens is 332 g/mol. The summed E-state index contributed by atoms with van der Waals surface area (Å²) in [6.07, 6.45) is 1.53. The van der Waals surface area contributed by atoms with Crippen LogP contribution in [0.2, 0.25) is 0 Å². The number of anilines is 1. The molecule has 0 atom stereocenters. The van der Waals surface area contributed by atoms with E-state index in [1.807, 2.05) is 63.2 Å². The second kappa shape index (κ2) is 10.1. The molecule has 1 amide bonds. The third kappa shape index (κ3) is 6.12. The van der Waals surface area contributed by atoms with Crippen LogP contribution in [0.5, 0.6) is 11.5 Å². The second-order valence-electron chi connectivity index (χ2n) is 5.49. The highest BCUT2D eigenvalue weighted by Crippen LogP contribution is 2.28. The Balaban J connectivity index is 1.86. The van der Waals surface area contributed by atoms with Crippen molar-refractivity contribution in [3.05, 3.63) is 53.6 Å². The average Bonchev–Trinajstić information content (AvgIpc) is 2.63. The van der Waals surface area contributed by atoms with Crippen molar-refractivity contribution >= 4 is 17.8 Å². The third-order valence-corrected chi connectivity index (χ3v) is 3.37. The van der Waals surface area contributed by atoms with Gasteiger partial charge >= 0.3 is 0 Å². The van der Waals surface area contributed by atoms with Crippen LogP contribution in [0, 0.1) is 6.92 Å². The smallest absolute Gasteiger partial charge is 0.265 e. The van der Waals surface area contributed by atoms with Gasteiger partial charge in [-0.15, -0.1) is 0 Å². The van der Waals surface area contributed by atoms with Crippen LogP contribution in [0.3, 0.4) is 0 Å². The van der Waals surface area contributed by atoms with E-state index in [9.17, 15) is 4.79 Å². The van der Waals surface area contributed by atoms with Crippen LogP contribution in [0.25, 0.3) is 0 Å². The number of rotatable bonds is 9. The Kier molecular flexibility index (Phi) is 7.49. The number of oxime groups is 1. The normalized spacial score (nSPS) is 10.6. The lowest BCUT2D eigenvalue weighted by Crippen LogP contribution is -2.16. The summed E-state index contributed by atoms with van der Waals surface area (Å²) in [6, 6.07) is 13.0. The van der Waals surface area contributed by atoms with Crippen LogP contribution in [0.4, 0.5) is 5.69 Å². The Hall–Kier alpha value is -3.02. The number of hydrogen-bond acceptors (Lipinski definition) is 5. The lowest BCUT2D eigenvalue weighted by Gasteiger charge is -2.11. The predicted octanol–water partition coefficient (Wildman–Crippen LogP) is 3.78. The molecule has 0 aromatic heterocycles. The van der Waals surface area contributed by atoms with Gasteiger partial charge in [-0.3, -0.25) is 4.79 Å². The number of hydrogen-bond donors (Lipinski definition) is 1. The van der Waals surface area contributed by atoms with E-state index in [0.29, 0.717) is 24.7 Å². The Morgan fingerprint density at radius 1 is 1.04 bits per heavy atom. The Labute approximate surface area is 153 Å². The molecule has 0 radical (unpaired) electrons. The number of nitrogens with zero attached hydrogens (tertiary/aromatic N) is 1. The van der Waals surface area contributed by atoms with Gasteiger partial charge in [0.25, 0.3) is 5.91 Å². The zero-order chi connectivity index (χ0) is 18.8. The molecule has 1 N–H and O–H groups in total. The largest absolute Gasteiger partial charge is 0.490 e. The van der Waals surface area contributed by atoms with Crippen molar-refractivity contribution in [2.75, 3.05) is 25.1 Å². The summed E-state index contributed by atoms with van der Waals surface area (Å²) >= 11 is 0. The maximum absolute atomic E-state index is 11.8. The first-order valence-electron chi connectivity index (χ1n) is 8.54. The molecule has 2 rings (SSSR count). The Morgan fingerprint density at radius 2 is 1.73 bits per heavy atom. The number of nitrogens with one attached hydrogen (secondary N) is 1. The summed E-state index contributed by atoms with van der Waals surface area (Å²) in [5.74, 6) is 1.06. The molecule has 0 aliphatic rings. The number of carbonyl (C=O) groups excluding carboxylic acids is 1. The summed E-state index contributed by atoms with van der Waals surface area (Å²) in [5, 5.41) is 6.57. The molecule has 6 nitrogen and oxygen atoms in total. The minimum Gasteiger partial charge on any atom is -0.490 e. The van der Waals surface area contributed by atoms with Gasteiger partial charge in [0, 0.05) is 11.3 Å². The van der Waals surface area contributed by atoms with E-state index in [1.54, 1.807) is 0 Å². The fraction of sp³-hybridized carbons (Fsp3) is 0.300. The van der Waals surface area contributed by atoms with Crippen molar-refractivity contribution < 1.29 is 19.1 Å². The minimum atomic E-state index is -0.271. The van der Waals surface area contributed by atoms with Gasteiger partial charge in [-0.25, -0.2) is 0 Å². The van der Waals surface area contributed by atoms with Crippen LogP contribution in [-0.4, -0.2) is 31.9 Å². The Morgan fingerprint density at radius 3 is 2.42 bits per heavy atom. The highest BCUT2D eigenvalue weighted by molar-refractivity contribution is 5.91. The van der Waals surface area contributed by atoms with E-state index >= 15 is 0 Å². The molecule has 0 heterocycles. The summed E-state index contributed by atoms with van der Waals surface area (Å²) < 4.78 is 11.1. The molecule has 0 saturated carbocycles. The summed E-state index contributed by atoms with van der Waals surface area (Å²) in [5.41, 5.74) is 2.64. The first-order valence-corrected chi connectivity index (χ1v) is 8.54. The van der Waals surface area contributed by atoms with Crippen molar-refractivity contribution in [2.24, 2.45) is 5.16 Å². The van der Waals surface area contributed by atoms with Crippen molar-refractivity contribution in [3.63, 3.8) is 0 Å². The quantitative estimate of drug-likeness (QED) is 0.548. The van der Waals surface area contributed by atoms with Crippen molar-refractivity contribution in [1.29, 1.82) is 0 Å². The average molecular weight is 356 g/mol. The fourth-order valence-electron chi connectivity index (χ4n) is 2.18. The number of aryl methyl sites for hydroxylation is 1. The number of amides is 1. The standard InChI is InChI=1S/C20H24N2O4/c1-4-24-18-11-8-16(12-19(18)25-5-2)13-21-26-14-20(23)22-17-9-6-15(3)7-10-17/h6-13H,4-5,14H2,1-3H3,(H,22,23)/b21-13+. The molecule has 0 saturated heterocycles. The van der Waals surface area contributed by atoms with Gasteiger partial charge in [0.05, 0.1) is 19.4 Å². The first-order chi connectivity index (χ1) is 12.6. The Bertz CT molecular complexity index is 742. The summed E-state index contributed by atoms with van der Waals surface area (Å²) in [6.45, 7) is 6.75. The van der Waals surface area contributed by atoms with E-state index < -0.39 is 0 Å². The lowest BCUT2D eigenvalue weighted by molar-refractivity contribution is -0.120. The zero-order valence-corrected chi connectivity index (χ0v) is 15.3. The van der Waals surface area contributed by atoms with Gasteiger partial charge in [0.2, 0.25) is 0 Å². The molecule has 0 spiro atoms. The molecule has 0 aliphatic heterocycles. The van der Waals surface area contributed by atoms with Crippen LogP contribution < -0.4 is 14.8 Å². The topological polar surface area (TPSA) is 69.2 Å². The molecule has 26 heavy (non-hydrogen) atoms. The van der Waals surface area contributed by atoms with Gasteiger partial charge in [-0.2, -0.15) is 0 Å². The molecule has 0 fully saturated rings. The van der Waals surface area contributed by atoms with Gasteiger partial charge < -0.3 is 19.6 Å². The van der Waals surface area contributed by atoms with Crippen LogP contribution in [0.1, 0.15) is 25.0 Å². The molecular formula is C20H24N2O4. The van der Waals surface area contributed by atoms with Gasteiger partial charge in [0.1, 0.15) is 0 Å². The molecule has 2 aromatic rings. The molecule has 0 aliphatic carbocycles. The fourth-order valence-corrected chi connectivity index (χ4v) is 2.18. The highest BCUT2D eigenvalue weighted by atomic mass is 16.6. The number of ether oxygens (including phenoxy) is 2. The minimum absolute atomic E-state index is 0.167. The first kappa shape index (κ1) is 19.3. The maximum Gasteiger partial charge on any atom is 0.265 e. The summed E-state index contributed by atoms with van der Waals surface area (Å²) in [7, 11) is 0. The van der Waals surface area contributed by atoms with E-state index in [1.165, 1.54) is 6.21 Å². The monoisotopic (exact) mass is 356 g/mol. The van der Waals surface area contributed by atoms with Crippen LogP contribution >= 0.6 is 0 Å². The highest BCUT2D eigenvalue weighted by Gasteiger charge is 2.05. The molecule has 0 bridgehead atoms. The molecule has 6 heteroatoms. The molecule has 2 aromatic carbocycles. The number of benzene rings is 2. The van der Waals surface area contributed by atoms with Crippen LogP contribution in [-0.2, 0) is 9.63 Å². The van der Waals surface area contributed by atoms with E-state index in [0.717, 1.165) is 16.8 Å². The molecule has 138 valence electrons. The zero-order valence-electron chi connectivity index (χ0n) is 15.3. The van der Waals surface area contributed by atoms with E-state index in [-0.39, 0.29) is 12.5 Å².